The molecule has 2 N–H and O–H groups in total. The Morgan fingerprint density at radius 3 is 2.52 bits per heavy atom. The van der Waals surface area contributed by atoms with Gasteiger partial charge in [-0.05, 0) is 42.0 Å². The van der Waals surface area contributed by atoms with Crippen molar-refractivity contribution in [3.8, 4) is 0 Å². The zero-order valence-corrected chi connectivity index (χ0v) is 14.5. The maximum Gasteiger partial charge on any atom is 0.335 e. The summed E-state index contributed by atoms with van der Waals surface area (Å²) in [5.41, 5.74) is 2.16. The molecule has 2 aromatic carbocycles. The monoisotopic (exact) mass is 375 g/mol. The quantitative estimate of drug-likeness (QED) is 0.594. The number of nitrogens with zero attached hydrogens (tertiary/aromatic N) is 2. The number of aromatic nitrogens is 2. The van der Waals surface area contributed by atoms with Gasteiger partial charge in [-0.15, -0.1) is 10.2 Å². The van der Waals surface area contributed by atoms with Gasteiger partial charge in [0.05, 0.1) is 12.1 Å². The van der Waals surface area contributed by atoms with Crippen molar-refractivity contribution in [3.05, 3.63) is 70.6 Å². The maximum atomic E-state index is 10.8. The molecule has 0 aliphatic carbocycles. The van der Waals surface area contributed by atoms with Gasteiger partial charge < -0.3 is 14.8 Å². The lowest BCUT2D eigenvalue weighted by Crippen LogP contribution is -1.99. The molecule has 0 bridgehead atoms. The average molecular weight is 376 g/mol. The number of carbonyl (C=O) groups is 1. The van der Waals surface area contributed by atoms with Gasteiger partial charge in [0.2, 0.25) is 5.89 Å². The number of rotatable bonds is 7. The van der Waals surface area contributed by atoms with Crippen LogP contribution in [0, 0.1) is 0 Å². The van der Waals surface area contributed by atoms with Gasteiger partial charge in [-0.2, -0.15) is 0 Å². The Morgan fingerprint density at radius 2 is 1.84 bits per heavy atom. The van der Waals surface area contributed by atoms with Crippen LogP contribution in [0.25, 0.3) is 0 Å². The van der Waals surface area contributed by atoms with Crippen molar-refractivity contribution in [2.45, 2.75) is 17.5 Å². The van der Waals surface area contributed by atoms with Gasteiger partial charge in [0.15, 0.2) is 0 Å². The minimum absolute atomic E-state index is 0.266. The van der Waals surface area contributed by atoms with Gasteiger partial charge in [-0.1, -0.05) is 35.5 Å². The van der Waals surface area contributed by atoms with Gasteiger partial charge in [-0.25, -0.2) is 4.79 Å². The van der Waals surface area contributed by atoms with Crippen LogP contribution in [0.1, 0.15) is 21.8 Å². The van der Waals surface area contributed by atoms with Crippen LogP contribution in [0.4, 0.5) is 5.69 Å². The van der Waals surface area contributed by atoms with Gasteiger partial charge in [0, 0.05) is 16.5 Å². The molecule has 0 aliphatic rings. The van der Waals surface area contributed by atoms with Crippen LogP contribution in [-0.4, -0.2) is 21.3 Å². The molecule has 0 unspecified atom stereocenters. The Kier molecular flexibility index (Phi) is 5.57. The number of nitrogens with one attached hydrogen (secondary N) is 1. The molecule has 0 spiro atoms. The van der Waals surface area contributed by atoms with Crippen LogP contribution >= 0.6 is 23.4 Å². The molecule has 3 rings (SSSR count). The molecule has 0 amide bonds. The van der Waals surface area contributed by atoms with E-state index in [-0.39, 0.29) is 5.56 Å². The van der Waals surface area contributed by atoms with E-state index in [4.69, 9.17) is 21.1 Å². The van der Waals surface area contributed by atoms with E-state index in [9.17, 15) is 4.79 Å². The first kappa shape index (κ1) is 17.3. The zero-order chi connectivity index (χ0) is 17.6. The summed E-state index contributed by atoms with van der Waals surface area (Å²) in [5, 5.41) is 21.2. The van der Waals surface area contributed by atoms with E-state index in [2.05, 4.69) is 15.5 Å². The second kappa shape index (κ2) is 8.04. The minimum Gasteiger partial charge on any atom is -0.478 e. The van der Waals surface area contributed by atoms with Crippen molar-refractivity contribution in [2.75, 3.05) is 5.32 Å². The summed E-state index contributed by atoms with van der Waals surface area (Å²) >= 11 is 7.24. The summed E-state index contributed by atoms with van der Waals surface area (Å²) in [6, 6.07) is 14.0. The van der Waals surface area contributed by atoms with Crippen molar-refractivity contribution < 1.29 is 14.3 Å². The number of carboxylic acids is 1. The van der Waals surface area contributed by atoms with Gasteiger partial charge >= 0.3 is 5.97 Å². The van der Waals surface area contributed by atoms with E-state index in [1.807, 2.05) is 12.1 Å². The first-order valence-corrected chi connectivity index (χ1v) is 8.73. The second-order valence-corrected chi connectivity index (χ2v) is 6.48. The van der Waals surface area contributed by atoms with Crippen molar-refractivity contribution in [1.29, 1.82) is 0 Å². The van der Waals surface area contributed by atoms with E-state index in [0.717, 1.165) is 11.3 Å². The number of hydrogen-bond acceptors (Lipinski definition) is 6. The zero-order valence-electron chi connectivity index (χ0n) is 13.0. The lowest BCUT2D eigenvalue weighted by molar-refractivity contribution is 0.0697. The topological polar surface area (TPSA) is 88.2 Å². The molecule has 3 aromatic rings. The predicted octanol–water partition coefficient (Wildman–Crippen LogP) is 4.33. The number of benzene rings is 2. The molecule has 0 saturated carbocycles. The predicted molar refractivity (Wildman–Crippen MR) is 96.0 cm³/mol. The first-order valence-electron chi connectivity index (χ1n) is 7.37. The largest absolute Gasteiger partial charge is 0.478 e. The Labute approximate surface area is 153 Å². The normalized spacial score (nSPS) is 10.6. The highest BCUT2D eigenvalue weighted by atomic mass is 35.5. The molecule has 1 heterocycles. The third-order valence-corrected chi connectivity index (χ3v) is 4.44. The van der Waals surface area contributed by atoms with Crippen LogP contribution in [0.3, 0.4) is 0 Å². The number of thioether (sulfide) groups is 1. The third-order valence-electron chi connectivity index (χ3n) is 3.30. The molecule has 1 aromatic heterocycles. The molecule has 128 valence electrons. The molecule has 0 fully saturated rings. The first-order chi connectivity index (χ1) is 12.1. The Balaban J connectivity index is 1.51. The average Bonchev–Trinajstić information content (AvgIpc) is 3.08. The van der Waals surface area contributed by atoms with E-state index in [0.29, 0.717) is 28.4 Å². The molecular formula is C17H14ClN3O3S. The van der Waals surface area contributed by atoms with Gasteiger partial charge in [0.25, 0.3) is 5.22 Å². The Bertz CT molecular complexity index is 850. The number of anilines is 1. The lowest BCUT2D eigenvalue weighted by Gasteiger charge is -2.02. The fourth-order valence-electron chi connectivity index (χ4n) is 2.00. The van der Waals surface area contributed by atoms with E-state index in [1.165, 1.54) is 11.8 Å². The molecule has 6 nitrogen and oxygen atoms in total. The summed E-state index contributed by atoms with van der Waals surface area (Å²) < 4.78 is 5.57. The maximum absolute atomic E-state index is 10.8. The number of halogens is 1. The molecule has 0 radical (unpaired) electrons. The molecule has 0 atom stereocenters. The van der Waals surface area contributed by atoms with Crippen LogP contribution in [0.5, 0.6) is 0 Å². The van der Waals surface area contributed by atoms with Crippen molar-refractivity contribution in [2.24, 2.45) is 0 Å². The van der Waals surface area contributed by atoms with Crippen molar-refractivity contribution in [3.63, 3.8) is 0 Å². The van der Waals surface area contributed by atoms with E-state index < -0.39 is 5.97 Å². The molecule has 0 saturated heterocycles. The fraction of sp³-hybridized carbons (Fsp3) is 0.118. The summed E-state index contributed by atoms with van der Waals surface area (Å²) in [4.78, 5) is 10.8. The van der Waals surface area contributed by atoms with Crippen LogP contribution in [0.15, 0.2) is 58.2 Å². The third kappa shape index (κ3) is 4.98. The van der Waals surface area contributed by atoms with Gasteiger partial charge in [-0.3, -0.25) is 0 Å². The highest BCUT2D eigenvalue weighted by Crippen LogP contribution is 2.22. The number of carboxylic acid groups (broad SMARTS) is 1. The minimum atomic E-state index is -0.936. The molecule has 8 heteroatoms. The van der Waals surface area contributed by atoms with Gasteiger partial charge in [0.1, 0.15) is 0 Å². The Hall–Kier alpha value is -2.51. The SMILES string of the molecule is O=C(O)c1ccc(CSc2nnc(CNc3ccc(Cl)cc3)o2)cc1. The second-order valence-electron chi connectivity index (χ2n) is 5.11. The van der Waals surface area contributed by atoms with Crippen LogP contribution in [-0.2, 0) is 12.3 Å². The summed E-state index contributed by atoms with van der Waals surface area (Å²) in [5.74, 6) is 0.166. The number of aromatic carboxylic acids is 1. The summed E-state index contributed by atoms with van der Waals surface area (Å²) in [7, 11) is 0. The van der Waals surface area contributed by atoms with Crippen molar-refractivity contribution in [1.82, 2.24) is 10.2 Å². The van der Waals surface area contributed by atoms with Crippen molar-refractivity contribution >= 4 is 35.0 Å². The van der Waals surface area contributed by atoms with Crippen LogP contribution in [0.2, 0.25) is 5.02 Å². The smallest absolute Gasteiger partial charge is 0.335 e. The molecule has 0 aliphatic heterocycles. The number of hydrogen-bond donors (Lipinski definition) is 2. The Morgan fingerprint density at radius 1 is 1.12 bits per heavy atom. The molecule has 25 heavy (non-hydrogen) atoms. The highest BCUT2D eigenvalue weighted by molar-refractivity contribution is 7.98. The standard InChI is InChI=1S/C17H14ClN3O3S/c18-13-5-7-14(8-6-13)19-9-15-20-21-17(24-15)25-10-11-1-3-12(4-2-11)16(22)23/h1-8,19H,9-10H2,(H,22,23). The lowest BCUT2D eigenvalue weighted by atomic mass is 10.1. The molecular weight excluding hydrogens is 362 g/mol. The van der Waals surface area contributed by atoms with Crippen LogP contribution < -0.4 is 5.32 Å². The fourth-order valence-corrected chi connectivity index (χ4v) is 2.86. The van der Waals surface area contributed by atoms with E-state index in [1.54, 1.807) is 36.4 Å². The van der Waals surface area contributed by atoms with E-state index >= 15 is 0 Å². The summed E-state index contributed by atoms with van der Waals surface area (Å²) in [6.07, 6.45) is 0. The summed E-state index contributed by atoms with van der Waals surface area (Å²) in [6.45, 7) is 0.419. The highest BCUT2D eigenvalue weighted by Gasteiger charge is 2.08.